The average molecular weight is 275 g/mol. The van der Waals surface area contributed by atoms with Gasteiger partial charge in [0.25, 0.3) is 5.91 Å². The SMILES string of the molecule is Cc1cccc(CCNC(=O)c2cc(Cl)ccn2)c1. The van der Waals surface area contributed by atoms with Gasteiger partial charge in [0.15, 0.2) is 0 Å². The summed E-state index contributed by atoms with van der Waals surface area (Å²) in [6.07, 6.45) is 2.33. The van der Waals surface area contributed by atoms with Crippen LogP contribution in [0.3, 0.4) is 0 Å². The maximum absolute atomic E-state index is 11.8. The molecule has 0 aliphatic rings. The van der Waals surface area contributed by atoms with E-state index in [1.54, 1.807) is 12.1 Å². The van der Waals surface area contributed by atoms with Crippen LogP contribution in [0.25, 0.3) is 0 Å². The van der Waals surface area contributed by atoms with E-state index in [4.69, 9.17) is 11.6 Å². The minimum absolute atomic E-state index is 0.199. The van der Waals surface area contributed by atoms with Crippen molar-refractivity contribution in [3.63, 3.8) is 0 Å². The second-order valence-corrected chi connectivity index (χ2v) is 4.79. The lowest BCUT2D eigenvalue weighted by molar-refractivity contribution is 0.0949. The predicted molar refractivity (Wildman–Crippen MR) is 76.5 cm³/mol. The number of nitrogens with zero attached hydrogens (tertiary/aromatic N) is 1. The van der Waals surface area contributed by atoms with Gasteiger partial charge >= 0.3 is 0 Å². The molecule has 1 amide bonds. The van der Waals surface area contributed by atoms with E-state index >= 15 is 0 Å². The topological polar surface area (TPSA) is 42.0 Å². The molecule has 19 heavy (non-hydrogen) atoms. The summed E-state index contributed by atoms with van der Waals surface area (Å²) in [5, 5.41) is 3.35. The van der Waals surface area contributed by atoms with E-state index in [0.29, 0.717) is 17.3 Å². The van der Waals surface area contributed by atoms with Crippen molar-refractivity contribution >= 4 is 17.5 Å². The number of pyridine rings is 1. The highest BCUT2D eigenvalue weighted by atomic mass is 35.5. The molecule has 0 unspecified atom stereocenters. The number of rotatable bonds is 4. The highest BCUT2D eigenvalue weighted by Crippen LogP contribution is 2.08. The average Bonchev–Trinajstić information content (AvgIpc) is 2.38. The molecular formula is C15H15ClN2O. The van der Waals surface area contributed by atoms with E-state index < -0.39 is 0 Å². The van der Waals surface area contributed by atoms with E-state index in [1.165, 1.54) is 17.3 Å². The van der Waals surface area contributed by atoms with Crippen LogP contribution in [0.2, 0.25) is 5.02 Å². The molecule has 0 bridgehead atoms. The molecular weight excluding hydrogens is 260 g/mol. The zero-order valence-electron chi connectivity index (χ0n) is 10.7. The highest BCUT2D eigenvalue weighted by molar-refractivity contribution is 6.30. The number of nitrogens with one attached hydrogen (secondary N) is 1. The van der Waals surface area contributed by atoms with Crippen LogP contribution in [0.1, 0.15) is 21.6 Å². The molecule has 0 fully saturated rings. The molecule has 0 aliphatic carbocycles. The Morgan fingerprint density at radius 3 is 2.89 bits per heavy atom. The van der Waals surface area contributed by atoms with E-state index in [0.717, 1.165) is 6.42 Å². The number of benzene rings is 1. The number of hydrogen-bond donors (Lipinski definition) is 1. The van der Waals surface area contributed by atoms with Crippen LogP contribution >= 0.6 is 11.6 Å². The molecule has 2 aromatic rings. The van der Waals surface area contributed by atoms with Gasteiger partial charge in [-0.25, -0.2) is 0 Å². The Balaban J connectivity index is 1.87. The maximum Gasteiger partial charge on any atom is 0.269 e. The number of aromatic nitrogens is 1. The van der Waals surface area contributed by atoms with Gasteiger partial charge in [0.2, 0.25) is 0 Å². The van der Waals surface area contributed by atoms with Crippen molar-refractivity contribution in [2.75, 3.05) is 6.54 Å². The molecule has 0 aliphatic heterocycles. The van der Waals surface area contributed by atoms with Crippen LogP contribution in [0.5, 0.6) is 0 Å². The lowest BCUT2D eigenvalue weighted by Gasteiger charge is -2.05. The lowest BCUT2D eigenvalue weighted by Crippen LogP contribution is -2.26. The number of carbonyl (C=O) groups is 1. The molecule has 0 spiro atoms. The van der Waals surface area contributed by atoms with Crippen LogP contribution in [-0.2, 0) is 6.42 Å². The third kappa shape index (κ3) is 4.07. The quantitative estimate of drug-likeness (QED) is 0.931. The third-order valence-electron chi connectivity index (χ3n) is 2.74. The Hall–Kier alpha value is -1.87. The first-order valence-corrected chi connectivity index (χ1v) is 6.48. The Kier molecular flexibility index (Phi) is 4.53. The van der Waals surface area contributed by atoms with Crippen LogP contribution in [0.4, 0.5) is 0 Å². The summed E-state index contributed by atoms with van der Waals surface area (Å²) in [5.74, 6) is -0.199. The van der Waals surface area contributed by atoms with Crippen molar-refractivity contribution in [1.82, 2.24) is 10.3 Å². The molecule has 0 radical (unpaired) electrons. The molecule has 4 heteroatoms. The second-order valence-electron chi connectivity index (χ2n) is 4.35. The van der Waals surface area contributed by atoms with Gasteiger partial charge in [-0.1, -0.05) is 41.4 Å². The summed E-state index contributed by atoms with van der Waals surface area (Å²) in [5.41, 5.74) is 2.77. The standard InChI is InChI=1S/C15H15ClN2O/c1-11-3-2-4-12(9-11)5-7-18-15(19)14-10-13(16)6-8-17-14/h2-4,6,8-10H,5,7H2,1H3,(H,18,19). The Bertz CT molecular complexity index is 584. The van der Waals surface area contributed by atoms with E-state index in [1.807, 2.05) is 6.07 Å². The van der Waals surface area contributed by atoms with E-state index in [9.17, 15) is 4.79 Å². The number of amides is 1. The van der Waals surface area contributed by atoms with Crippen molar-refractivity contribution in [1.29, 1.82) is 0 Å². The summed E-state index contributed by atoms with van der Waals surface area (Å²) in [6, 6.07) is 11.4. The van der Waals surface area contributed by atoms with Crippen molar-refractivity contribution in [3.8, 4) is 0 Å². The lowest BCUT2D eigenvalue weighted by atomic mass is 10.1. The van der Waals surface area contributed by atoms with Gasteiger partial charge in [0, 0.05) is 17.8 Å². The van der Waals surface area contributed by atoms with Crippen LogP contribution in [0.15, 0.2) is 42.6 Å². The monoisotopic (exact) mass is 274 g/mol. The Morgan fingerprint density at radius 2 is 2.16 bits per heavy atom. The van der Waals surface area contributed by atoms with Gasteiger partial charge in [-0.05, 0) is 31.0 Å². The van der Waals surface area contributed by atoms with Crippen molar-refractivity contribution in [2.24, 2.45) is 0 Å². The summed E-state index contributed by atoms with van der Waals surface area (Å²) in [4.78, 5) is 15.8. The number of hydrogen-bond acceptors (Lipinski definition) is 2. The smallest absolute Gasteiger partial charge is 0.269 e. The largest absolute Gasteiger partial charge is 0.350 e. The highest BCUT2D eigenvalue weighted by Gasteiger charge is 2.06. The number of halogens is 1. The fourth-order valence-electron chi connectivity index (χ4n) is 1.81. The molecule has 98 valence electrons. The van der Waals surface area contributed by atoms with Gasteiger partial charge in [0.05, 0.1) is 0 Å². The maximum atomic E-state index is 11.8. The molecule has 0 saturated heterocycles. The summed E-state index contributed by atoms with van der Waals surface area (Å²) >= 11 is 5.82. The fraction of sp³-hybridized carbons (Fsp3) is 0.200. The molecule has 3 nitrogen and oxygen atoms in total. The van der Waals surface area contributed by atoms with Gasteiger partial charge in [-0.3, -0.25) is 9.78 Å². The van der Waals surface area contributed by atoms with Gasteiger partial charge in [0.1, 0.15) is 5.69 Å². The summed E-state index contributed by atoms with van der Waals surface area (Å²) in [7, 11) is 0. The molecule has 0 atom stereocenters. The first-order chi connectivity index (χ1) is 9.15. The summed E-state index contributed by atoms with van der Waals surface area (Å²) in [6.45, 7) is 2.63. The number of carbonyl (C=O) groups excluding carboxylic acids is 1. The molecule has 2 rings (SSSR count). The second kappa shape index (κ2) is 6.34. The van der Waals surface area contributed by atoms with Gasteiger partial charge < -0.3 is 5.32 Å². The van der Waals surface area contributed by atoms with E-state index in [-0.39, 0.29) is 5.91 Å². The van der Waals surface area contributed by atoms with Crippen molar-refractivity contribution in [3.05, 3.63) is 64.4 Å². The van der Waals surface area contributed by atoms with E-state index in [2.05, 4.69) is 35.4 Å². The van der Waals surface area contributed by atoms with Crippen LogP contribution in [0, 0.1) is 6.92 Å². The minimum Gasteiger partial charge on any atom is -0.350 e. The van der Waals surface area contributed by atoms with Crippen molar-refractivity contribution < 1.29 is 4.79 Å². The molecule has 1 aromatic heterocycles. The zero-order chi connectivity index (χ0) is 13.7. The summed E-state index contributed by atoms with van der Waals surface area (Å²) < 4.78 is 0. The normalized spacial score (nSPS) is 10.2. The first kappa shape index (κ1) is 13.6. The fourth-order valence-corrected chi connectivity index (χ4v) is 1.97. The zero-order valence-corrected chi connectivity index (χ0v) is 11.4. The number of aryl methyl sites for hydroxylation is 1. The predicted octanol–water partition coefficient (Wildman–Crippen LogP) is 3.02. The molecule has 1 heterocycles. The Morgan fingerprint density at radius 1 is 1.32 bits per heavy atom. The van der Waals surface area contributed by atoms with Crippen LogP contribution in [-0.4, -0.2) is 17.4 Å². The molecule has 1 aromatic carbocycles. The first-order valence-electron chi connectivity index (χ1n) is 6.10. The van der Waals surface area contributed by atoms with Crippen molar-refractivity contribution in [2.45, 2.75) is 13.3 Å². The molecule has 1 N–H and O–H groups in total. The third-order valence-corrected chi connectivity index (χ3v) is 2.97. The minimum atomic E-state index is -0.199. The Labute approximate surface area is 117 Å². The molecule has 0 saturated carbocycles. The van der Waals surface area contributed by atoms with Gasteiger partial charge in [-0.2, -0.15) is 0 Å². The van der Waals surface area contributed by atoms with Gasteiger partial charge in [-0.15, -0.1) is 0 Å². The van der Waals surface area contributed by atoms with Crippen LogP contribution < -0.4 is 5.32 Å².